The fraction of sp³-hybridized carbons (Fsp3) is 0.562. The molecule has 0 spiro atoms. The summed E-state index contributed by atoms with van der Waals surface area (Å²) in [4.78, 5) is 12.2. The Kier molecular flexibility index (Phi) is 6.49. The molecule has 1 atom stereocenters. The van der Waals surface area contributed by atoms with Crippen molar-refractivity contribution < 1.29 is 13.9 Å². The van der Waals surface area contributed by atoms with Gasteiger partial charge in [0.15, 0.2) is 0 Å². The normalized spacial score (nSPS) is 13.6. The Bertz CT molecular complexity index is 436. The van der Waals surface area contributed by atoms with Crippen LogP contribution in [0.2, 0.25) is 0 Å². The second kappa shape index (κ2) is 7.88. The zero-order valence-electron chi connectivity index (χ0n) is 12.5. The van der Waals surface area contributed by atoms with Crippen LogP contribution in [0.3, 0.4) is 0 Å². The van der Waals surface area contributed by atoms with Crippen molar-refractivity contribution in [3.8, 4) is 0 Å². The molecule has 0 saturated heterocycles. The lowest BCUT2D eigenvalue weighted by Gasteiger charge is -2.29. The molecule has 1 unspecified atom stereocenters. The monoisotopic (exact) mass is 281 g/mol. The summed E-state index contributed by atoms with van der Waals surface area (Å²) < 4.78 is 18.4. The number of esters is 1. The molecular weight excluding hydrogens is 257 g/mol. The number of nitrogens with one attached hydrogen (secondary N) is 1. The van der Waals surface area contributed by atoms with Gasteiger partial charge in [0.25, 0.3) is 0 Å². The largest absolute Gasteiger partial charge is 0.464 e. The smallest absolute Gasteiger partial charge is 0.331 e. The number of benzene rings is 1. The predicted molar refractivity (Wildman–Crippen MR) is 79.2 cm³/mol. The first-order valence-corrected chi connectivity index (χ1v) is 7.23. The quantitative estimate of drug-likeness (QED) is 0.575. The van der Waals surface area contributed by atoms with Crippen LogP contribution in [0.15, 0.2) is 24.3 Å². The fourth-order valence-electron chi connectivity index (χ4n) is 2.12. The van der Waals surface area contributed by atoms with Gasteiger partial charge < -0.3 is 10.1 Å². The standard InChI is InChI=1S/C16H24FNO2/c1-4-6-7-11-16(3,15(19)20-5-2)18-14-10-8-9-13(17)12-14/h8-10,12,18H,4-7,11H2,1-3H3. The number of hydrogen-bond donors (Lipinski definition) is 1. The van der Waals surface area contributed by atoms with Crippen LogP contribution in [-0.2, 0) is 9.53 Å². The Labute approximate surface area is 120 Å². The summed E-state index contributed by atoms with van der Waals surface area (Å²) in [6.45, 7) is 6.05. The Morgan fingerprint density at radius 1 is 1.35 bits per heavy atom. The first-order valence-electron chi connectivity index (χ1n) is 7.23. The maximum Gasteiger partial charge on any atom is 0.331 e. The van der Waals surface area contributed by atoms with Crippen molar-refractivity contribution in [1.29, 1.82) is 0 Å². The van der Waals surface area contributed by atoms with Crippen LogP contribution in [-0.4, -0.2) is 18.1 Å². The van der Waals surface area contributed by atoms with E-state index in [1.165, 1.54) is 12.1 Å². The van der Waals surface area contributed by atoms with E-state index in [-0.39, 0.29) is 11.8 Å². The van der Waals surface area contributed by atoms with E-state index in [9.17, 15) is 9.18 Å². The van der Waals surface area contributed by atoms with E-state index in [1.54, 1.807) is 19.1 Å². The second-order valence-corrected chi connectivity index (χ2v) is 5.15. The number of ether oxygens (including phenoxy) is 1. The molecule has 0 aromatic heterocycles. The van der Waals surface area contributed by atoms with Crippen molar-refractivity contribution >= 4 is 11.7 Å². The highest BCUT2D eigenvalue weighted by Crippen LogP contribution is 2.23. The van der Waals surface area contributed by atoms with Gasteiger partial charge in [-0.15, -0.1) is 0 Å². The predicted octanol–water partition coefficient (Wildman–Crippen LogP) is 4.14. The molecule has 0 heterocycles. The van der Waals surface area contributed by atoms with Crippen molar-refractivity contribution in [2.75, 3.05) is 11.9 Å². The molecule has 0 amide bonds. The third kappa shape index (κ3) is 4.83. The number of carbonyl (C=O) groups is 1. The van der Waals surface area contributed by atoms with Gasteiger partial charge in [0.05, 0.1) is 6.61 Å². The summed E-state index contributed by atoms with van der Waals surface area (Å²) >= 11 is 0. The van der Waals surface area contributed by atoms with Crippen LogP contribution in [0.5, 0.6) is 0 Å². The van der Waals surface area contributed by atoms with E-state index < -0.39 is 5.54 Å². The number of halogens is 1. The molecule has 4 heteroatoms. The molecule has 0 radical (unpaired) electrons. The Morgan fingerprint density at radius 2 is 2.10 bits per heavy atom. The lowest BCUT2D eigenvalue weighted by Crippen LogP contribution is -2.44. The summed E-state index contributed by atoms with van der Waals surface area (Å²) in [6, 6.07) is 6.14. The van der Waals surface area contributed by atoms with Gasteiger partial charge in [-0.3, -0.25) is 0 Å². The van der Waals surface area contributed by atoms with Gasteiger partial charge in [-0.2, -0.15) is 0 Å². The van der Waals surface area contributed by atoms with E-state index in [4.69, 9.17) is 4.74 Å². The van der Waals surface area contributed by atoms with Crippen molar-refractivity contribution in [1.82, 2.24) is 0 Å². The van der Waals surface area contributed by atoms with E-state index in [0.717, 1.165) is 19.3 Å². The first-order chi connectivity index (χ1) is 9.51. The van der Waals surface area contributed by atoms with E-state index >= 15 is 0 Å². The SMILES string of the molecule is CCCCCC(C)(Nc1cccc(F)c1)C(=O)OCC. The second-order valence-electron chi connectivity index (χ2n) is 5.15. The van der Waals surface area contributed by atoms with Crippen molar-refractivity contribution in [3.63, 3.8) is 0 Å². The van der Waals surface area contributed by atoms with Crippen LogP contribution in [0.25, 0.3) is 0 Å². The van der Waals surface area contributed by atoms with Gasteiger partial charge in [-0.1, -0.05) is 32.3 Å². The fourth-order valence-corrected chi connectivity index (χ4v) is 2.12. The molecule has 1 rings (SSSR count). The maximum absolute atomic E-state index is 13.2. The molecule has 1 aromatic rings. The van der Waals surface area contributed by atoms with Gasteiger partial charge in [0.2, 0.25) is 0 Å². The Morgan fingerprint density at radius 3 is 2.70 bits per heavy atom. The zero-order valence-corrected chi connectivity index (χ0v) is 12.5. The summed E-state index contributed by atoms with van der Waals surface area (Å²) in [7, 11) is 0. The topological polar surface area (TPSA) is 38.3 Å². The maximum atomic E-state index is 13.2. The van der Waals surface area contributed by atoms with Crippen molar-refractivity contribution in [2.45, 2.75) is 52.0 Å². The molecule has 0 fully saturated rings. The minimum absolute atomic E-state index is 0.291. The molecular formula is C16H24FNO2. The molecule has 0 bridgehead atoms. The summed E-state index contributed by atoms with van der Waals surface area (Å²) in [5.41, 5.74) is -0.226. The van der Waals surface area contributed by atoms with Crippen LogP contribution in [0, 0.1) is 5.82 Å². The number of anilines is 1. The third-order valence-corrected chi connectivity index (χ3v) is 3.25. The van der Waals surface area contributed by atoms with Crippen LogP contribution < -0.4 is 5.32 Å². The summed E-state index contributed by atoms with van der Waals surface area (Å²) in [6.07, 6.45) is 3.73. The molecule has 0 aliphatic rings. The molecule has 3 nitrogen and oxygen atoms in total. The average Bonchev–Trinajstić information content (AvgIpc) is 2.39. The molecule has 20 heavy (non-hydrogen) atoms. The number of carbonyl (C=O) groups excluding carboxylic acids is 1. The molecule has 112 valence electrons. The van der Waals surface area contributed by atoms with E-state index in [0.29, 0.717) is 18.7 Å². The van der Waals surface area contributed by atoms with Gasteiger partial charge >= 0.3 is 5.97 Å². The summed E-state index contributed by atoms with van der Waals surface area (Å²) in [5.74, 6) is -0.616. The third-order valence-electron chi connectivity index (χ3n) is 3.25. The number of hydrogen-bond acceptors (Lipinski definition) is 3. The molecule has 0 aliphatic carbocycles. The van der Waals surface area contributed by atoms with Gasteiger partial charge in [-0.05, 0) is 38.5 Å². The van der Waals surface area contributed by atoms with Crippen LogP contribution in [0.4, 0.5) is 10.1 Å². The lowest BCUT2D eigenvalue weighted by molar-refractivity contribution is -0.148. The highest BCUT2D eigenvalue weighted by atomic mass is 19.1. The van der Waals surface area contributed by atoms with Gasteiger partial charge in [0, 0.05) is 5.69 Å². The van der Waals surface area contributed by atoms with Crippen LogP contribution >= 0.6 is 0 Å². The minimum atomic E-state index is -0.820. The van der Waals surface area contributed by atoms with E-state index in [2.05, 4.69) is 12.2 Å². The first kappa shape index (κ1) is 16.5. The number of unbranched alkanes of at least 4 members (excludes halogenated alkanes) is 2. The molecule has 1 N–H and O–H groups in total. The average molecular weight is 281 g/mol. The highest BCUT2D eigenvalue weighted by molar-refractivity contribution is 5.84. The molecule has 0 aliphatic heterocycles. The minimum Gasteiger partial charge on any atom is -0.464 e. The Balaban J connectivity index is 2.83. The van der Waals surface area contributed by atoms with Crippen molar-refractivity contribution in [3.05, 3.63) is 30.1 Å². The summed E-state index contributed by atoms with van der Waals surface area (Å²) in [5, 5.41) is 3.13. The van der Waals surface area contributed by atoms with Gasteiger partial charge in [0.1, 0.15) is 11.4 Å². The van der Waals surface area contributed by atoms with Crippen molar-refractivity contribution in [2.24, 2.45) is 0 Å². The molecule has 1 aromatic carbocycles. The van der Waals surface area contributed by atoms with E-state index in [1.807, 2.05) is 6.92 Å². The molecule has 0 saturated carbocycles. The number of rotatable bonds is 8. The Hall–Kier alpha value is -1.58. The highest BCUT2D eigenvalue weighted by Gasteiger charge is 2.34. The van der Waals surface area contributed by atoms with Gasteiger partial charge in [-0.25, -0.2) is 9.18 Å². The lowest BCUT2D eigenvalue weighted by atomic mass is 9.94. The zero-order chi connectivity index (χ0) is 15.0. The van der Waals surface area contributed by atoms with Crippen LogP contribution in [0.1, 0.15) is 46.5 Å².